The summed E-state index contributed by atoms with van der Waals surface area (Å²) in [5, 5.41) is 0.692. The highest BCUT2D eigenvalue weighted by atomic mass is 35.5. The van der Waals surface area contributed by atoms with Gasteiger partial charge in [-0.05, 0) is 35.9 Å². The number of rotatable bonds is 4. The van der Waals surface area contributed by atoms with Crippen molar-refractivity contribution in [3.8, 4) is 5.75 Å². The number of nitrogens with zero attached hydrogens (tertiary/aromatic N) is 2. The molecule has 2 aromatic rings. The van der Waals surface area contributed by atoms with E-state index < -0.39 is 0 Å². The molecule has 0 unspecified atom stereocenters. The van der Waals surface area contributed by atoms with Crippen LogP contribution in [0.5, 0.6) is 5.75 Å². The van der Waals surface area contributed by atoms with E-state index in [4.69, 9.17) is 16.3 Å². The largest absolute Gasteiger partial charge is 0.497 e. The smallest absolute Gasteiger partial charge is 0.246 e. The molecule has 1 aliphatic rings. The Bertz CT molecular complexity index is 751. The number of halogens is 1. The highest BCUT2D eigenvalue weighted by Crippen LogP contribution is 2.22. The van der Waals surface area contributed by atoms with Crippen LogP contribution in [0.3, 0.4) is 0 Å². The van der Waals surface area contributed by atoms with Gasteiger partial charge in [0.2, 0.25) is 5.91 Å². The van der Waals surface area contributed by atoms with Gasteiger partial charge in [0.15, 0.2) is 0 Å². The molecular formula is C20H21ClN2O2. The Hall–Kier alpha value is -2.46. The highest BCUT2D eigenvalue weighted by molar-refractivity contribution is 6.30. The van der Waals surface area contributed by atoms with E-state index in [9.17, 15) is 4.79 Å². The third-order valence-corrected chi connectivity index (χ3v) is 4.55. The molecule has 0 radical (unpaired) electrons. The lowest BCUT2D eigenvalue weighted by molar-refractivity contribution is -0.126. The van der Waals surface area contributed by atoms with Gasteiger partial charge >= 0.3 is 0 Å². The van der Waals surface area contributed by atoms with E-state index in [0.29, 0.717) is 18.1 Å². The molecule has 130 valence electrons. The molecule has 3 rings (SSSR count). The van der Waals surface area contributed by atoms with Crippen LogP contribution in [-0.2, 0) is 4.79 Å². The van der Waals surface area contributed by atoms with E-state index in [1.165, 1.54) is 0 Å². The Balaban J connectivity index is 1.56. The van der Waals surface area contributed by atoms with Gasteiger partial charge < -0.3 is 14.5 Å². The predicted molar refractivity (Wildman–Crippen MR) is 102 cm³/mol. The number of ether oxygens (including phenoxy) is 1. The summed E-state index contributed by atoms with van der Waals surface area (Å²) in [6.45, 7) is 3.05. The molecule has 1 amide bonds. The van der Waals surface area contributed by atoms with Crippen LogP contribution in [0.1, 0.15) is 5.56 Å². The normalized spacial score (nSPS) is 14.8. The van der Waals surface area contributed by atoms with E-state index in [-0.39, 0.29) is 5.91 Å². The molecule has 4 nitrogen and oxygen atoms in total. The lowest BCUT2D eigenvalue weighted by Crippen LogP contribution is -2.48. The third-order valence-electron chi connectivity index (χ3n) is 4.30. The zero-order chi connectivity index (χ0) is 17.6. The minimum absolute atomic E-state index is 0.0419. The van der Waals surface area contributed by atoms with Crippen molar-refractivity contribution < 1.29 is 9.53 Å². The second-order valence-electron chi connectivity index (χ2n) is 5.90. The third kappa shape index (κ3) is 4.54. The number of anilines is 1. The van der Waals surface area contributed by atoms with Crippen molar-refractivity contribution in [2.45, 2.75) is 0 Å². The van der Waals surface area contributed by atoms with Gasteiger partial charge in [-0.15, -0.1) is 0 Å². The Labute approximate surface area is 153 Å². The van der Waals surface area contributed by atoms with E-state index in [1.54, 1.807) is 13.2 Å². The van der Waals surface area contributed by atoms with Crippen molar-refractivity contribution in [2.24, 2.45) is 0 Å². The van der Waals surface area contributed by atoms with Crippen molar-refractivity contribution in [1.82, 2.24) is 4.90 Å². The van der Waals surface area contributed by atoms with Gasteiger partial charge in [0.05, 0.1) is 7.11 Å². The first-order valence-electron chi connectivity index (χ1n) is 8.27. The van der Waals surface area contributed by atoms with Crippen molar-refractivity contribution >= 4 is 29.3 Å². The first-order valence-corrected chi connectivity index (χ1v) is 8.65. The summed E-state index contributed by atoms with van der Waals surface area (Å²) in [5.41, 5.74) is 2.09. The zero-order valence-electron chi connectivity index (χ0n) is 14.2. The lowest BCUT2D eigenvalue weighted by atomic mass is 10.2. The molecule has 5 heteroatoms. The number of carbonyl (C=O) groups is 1. The van der Waals surface area contributed by atoms with Gasteiger partial charge in [-0.3, -0.25) is 4.79 Å². The maximum absolute atomic E-state index is 12.4. The first kappa shape index (κ1) is 17.4. The summed E-state index contributed by atoms with van der Waals surface area (Å²) in [6.07, 6.45) is 3.46. The molecule has 1 fully saturated rings. The molecule has 0 aliphatic carbocycles. The molecule has 0 saturated carbocycles. The minimum atomic E-state index is 0.0419. The van der Waals surface area contributed by atoms with Crippen LogP contribution < -0.4 is 9.64 Å². The number of benzene rings is 2. The monoisotopic (exact) mass is 356 g/mol. The van der Waals surface area contributed by atoms with Crippen LogP contribution in [0.2, 0.25) is 5.02 Å². The van der Waals surface area contributed by atoms with Crippen LogP contribution in [-0.4, -0.2) is 44.1 Å². The second kappa shape index (κ2) is 8.08. The van der Waals surface area contributed by atoms with Crippen molar-refractivity contribution in [1.29, 1.82) is 0 Å². The highest BCUT2D eigenvalue weighted by Gasteiger charge is 2.20. The molecule has 0 aromatic heterocycles. The molecule has 1 saturated heterocycles. The van der Waals surface area contributed by atoms with Gasteiger partial charge in [-0.25, -0.2) is 0 Å². The number of carbonyl (C=O) groups excluding carboxylic acids is 1. The Morgan fingerprint density at radius 2 is 1.80 bits per heavy atom. The van der Waals surface area contributed by atoms with Gasteiger partial charge in [0, 0.05) is 49.0 Å². The van der Waals surface area contributed by atoms with Gasteiger partial charge in [0.25, 0.3) is 0 Å². The molecule has 0 atom stereocenters. The minimum Gasteiger partial charge on any atom is -0.497 e. The molecular weight excluding hydrogens is 336 g/mol. The second-order valence-corrected chi connectivity index (χ2v) is 6.34. The predicted octanol–water partition coefficient (Wildman–Crippen LogP) is 3.71. The maximum Gasteiger partial charge on any atom is 0.246 e. The maximum atomic E-state index is 12.4. The van der Waals surface area contributed by atoms with Crippen molar-refractivity contribution in [3.63, 3.8) is 0 Å². The summed E-state index contributed by atoms with van der Waals surface area (Å²) in [7, 11) is 1.67. The zero-order valence-corrected chi connectivity index (χ0v) is 14.9. The number of hydrogen-bond acceptors (Lipinski definition) is 3. The summed E-state index contributed by atoms with van der Waals surface area (Å²) < 4.78 is 5.28. The van der Waals surface area contributed by atoms with E-state index >= 15 is 0 Å². The number of methoxy groups -OCH3 is 1. The number of piperazine rings is 1. The molecule has 1 heterocycles. The molecule has 0 spiro atoms. The Kier molecular flexibility index (Phi) is 5.61. The topological polar surface area (TPSA) is 32.8 Å². The average molecular weight is 357 g/mol. The average Bonchev–Trinajstić information content (AvgIpc) is 2.67. The SMILES string of the molecule is COc1cccc(N2CCN(C(=O)C=Cc3ccc(Cl)cc3)CC2)c1. The van der Waals surface area contributed by atoms with Crippen LogP contribution in [0.25, 0.3) is 6.08 Å². The van der Waals surface area contributed by atoms with E-state index in [0.717, 1.165) is 30.1 Å². The van der Waals surface area contributed by atoms with E-state index in [2.05, 4.69) is 11.0 Å². The summed E-state index contributed by atoms with van der Waals surface area (Å²) in [5.74, 6) is 0.891. The number of amides is 1. The van der Waals surface area contributed by atoms with Crippen molar-refractivity contribution in [2.75, 3.05) is 38.2 Å². The molecule has 2 aromatic carbocycles. The summed E-state index contributed by atoms with van der Waals surface area (Å²) in [4.78, 5) is 16.5. The van der Waals surface area contributed by atoms with Gasteiger partial charge in [-0.1, -0.05) is 29.8 Å². The molecule has 25 heavy (non-hydrogen) atoms. The fourth-order valence-corrected chi connectivity index (χ4v) is 2.97. The fraction of sp³-hybridized carbons (Fsp3) is 0.250. The van der Waals surface area contributed by atoms with Crippen LogP contribution in [0.15, 0.2) is 54.6 Å². The Morgan fingerprint density at radius 1 is 1.08 bits per heavy atom. The van der Waals surface area contributed by atoms with Gasteiger partial charge in [0.1, 0.15) is 5.75 Å². The fourth-order valence-electron chi connectivity index (χ4n) is 2.84. The van der Waals surface area contributed by atoms with Crippen LogP contribution >= 0.6 is 11.6 Å². The summed E-state index contributed by atoms with van der Waals surface area (Å²) in [6, 6.07) is 15.4. The molecule has 1 aliphatic heterocycles. The lowest BCUT2D eigenvalue weighted by Gasteiger charge is -2.35. The van der Waals surface area contributed by atoms with Crippen molar-refractivity contribution in [3.05, 3.63) is 65.2 Å². The first-order chi connectivity index (χ1) is 12.2. The quantitative estimate of drug-likeness (QED) is 0.783. The molecule has 0 bridgehead atoms. The van der Waals surface area contributed by atoms with Crippen LogP contribution in [0, 0.1) is 0 Å². The standard InChI is InChI=1S/C20H21ClN2O2/c1-25-19-4-2-3-18(15-19)22-11-13-23(14-12-22)20(24)10-7-16-5-8-17(21)9-6-16/h2-10,15H,11-14H2,1H3. The number of hydrogen-bond donors (Lipinski definition) is 0. The molecule has 0 N–H and O–H groups in total. The van der Waals surface area contributed by atoms with Gasteiger partial charge in [-0.2, -0.15) is 0 Å². The summed E-state index contributed by atoms with van der Waals surface area (Å²) >= 11 is 5.87. The van der Waals surface area contributed by atoms with Crippen LogP contribution in [0.4, 0.5) is 5.69 Å². The Morgan fingerprint density at radius 3 is 2.48 bits per heavy atom. The van der Waals surface area contributed by atoms with E-state index in [1.807, 2.05) is 53.4 Å².